The smallest absolute Gasteiger partial charge is 0.305 e. The summed E-state index contributed by atoms with van der Waals surface area (Å²) < 4.78 is 27.0. The average molecular weight is 331 g/mol. The largest absolute Gasteiger partial charge is 0.315 e. The molecule has 0 amide bonds. The normalized spacial score (nSPS) is 25.5. The minimum absolute atomic E-state index is 0.173. The van der Waals surface area contributed by atoms with E-state index in [0.717, 1.165) is 30.8 Å². The van der Waals surface area contributed by atoms with Gasteiger partial charge in [0.15, 0.2) is 4.21 Å². The average Bonchev–Trinajstić information content (AvgIpc) is 3.07. The molecule has 3 rings (SSSR count). The lowest BCUT2D eigenvalue weighted by atomic mass is 10.1. The molecule has 2 fully saturated rings. The highest BCUT2D eigenvalue weighted by molar-refractivity contribution is 7.91. The molecule has 0 spiro atoms. The molecule has 0 aromatic carbocycles. The van der Waals surface area contributed by atoms with E-state index in [1.165, 1.54) is 19.3 Å². The molecule has 6 nitrogen and oxygen atoms in total. The lowest BCUT2D eigenvalue weighted by Gasteiger charge is -2.32. The molecule has 21 heavy (non-hydrogen) atoms. The standard InChI is InChI=1S/C13H21N3O3S2/c1-10-12(20-13(17)14-10)21(18,19)16-8-5-11(9-16)15-6-3-2-4-7-15/h11H,2-9H2,1H3,(H,14,17). The van der Waals surface area contributed by atoms with E-state index < -0.39 is 10.0 Å². The van der Waals surface area contributed by atoms with E-state index >= 15 is 0 Å². The van der Waals surface area contributed by atoms with Gasteiger partial charge in [-0.05, 0) is 39.3 Å². The lowest BCUT2D eigenvalue weighted by molar-refractivity contribution is 0.169. The van der Waals surface area contributed by atoms with E-state index in [4.69, 9.17) is 0 Å². The van der Waals surface area contributed by atoms with Crippen molar-refractivity contribution in [3.63, 3.8) is 0 Å². The number of nitrogens with zero attached hydrogens (tertiary/aromatic N) is 2. The van der Waals surface area contributed by atoms with Crippen molar-refractivity contribution in [3.05, 3.63) is 15.4 Å². The summed E-state index contributed by atoms with van der Waals surface area (Å²) in [6.07, 6.45) is 4.59. The highest BCUT2D eigenvalue weighted by Gasteiger charge is 2.37. The molecule has 1 aromatic heterocycles. The molecule has 1 unspecified atom stereocenters. The second kappa shape index (κ2) is 5.83. The van der Waals surface area contributed by atoms with Crippen LogP contribution in [0.5, 0.6) is 0 Å². The van der Waals surface area contributed by atoms with Crippen molar-refractivity contribution in [1.29, 1.82) is 0 Å². The Morgan fingerprint density at radius 1 is 1.19 bits per heavy atom. The second-order valence-corrected chi connectivity index (χ2v) is 8.95. The first-order valence-electron chi connectivity index (χ1n) is 7.42. The fourth-order valence-corrected chi connectivity index (χ4v) is 6.19. The Labute approximate surface area is 128 Å². The molecule has 8 heteroatoms. The van der Waals surface area contributed by atoms with E-state index in [9.17, 15) is 13.2 Å². The third kappa shape index (κ3) is 2.94. The number of sulfonamides is 1. The van der Waals surface area contributed by atoms with Gasteiger partial charge in [-0.3, -0.25) is 9.69 Å². The number of thiazole rings is 1. The fraction of sp³-hybridized carbons (Fsp3) is 0.769. The Morgan fingerprint density at radius 2 is 1.90 bits per heavy atom. The summed E-state index contributed by atoms with van der Waals surface area (Å²) in [5.41, 5.74) is 0.450. The molecule has 2 saturated heterocycles. The van der Waals surface area contributed by atoms with Crippen molar-refractivity contribution >= 4 is 21.4 Å². The van der Waals surface area contributed by atoms with Crippen LogP contribution in [0.25, 0.3) is 0 Å². The Hall–Kier alpha value is -0.700. The maximum Gasteiger partial charge on any atom is 0.305 e. The van der Waals surface area contributed by atoms with Crippen LogP contribution in [0.15, 0.2) is 9.00 Å². The van der Waals surface area contributed by atoms with Gasteiger partial charge in [-0.2, -0.15) is 4.31 Å². The minimum atomic E-state index is -3.53. The summed E-state index contributed by atoms with van der Waals surface area (Å²) in [7, 11) is -3.53. The predicted octanol–water partition coefficient (Wildman–Crippen LogP) is 0.994. The molecule has 1 atom stereocenters. The van der Waals surface area contributed by atoms with Gasteiger partial charge in [0, 0.05) is 24.8 Å². The molecule has 0 radical (unpaired) electrons. The molecule has 0 aliphatic carbocycles. The van der Waals surface area contributed by atoms with Crippen LogP contribution >= 0.6 is 11.3 Å². The number of aryl methyl sites for hydroxylation is 1. The number of aromatic nitrogens is 1. The number of nitrogens with one attached hydrogen (secondary N) is 1. The van der Waals surface area contributed by atoms with E-state index in [2.05, 4.69) is 9.88 Å². The topological polar surface area (TPSA) is 73.5 Å². The highest BCUT2D eigenvalue weighted by atomic mass is 32.2. The van der Waals surface area contributed by atoms with Gasteiger partial charge in [-0.25, -0.2) is 8.42 Å². The Kier molecular flexibility index (Phi) is 4.22. The quantitative estimate of drug-likeness (QED) is 0.896. The van der Waals surface area contributed by atoms with Crippen LogP contribution in [0.4, 0.5) is 0 Å². The summed E-state index contributed by atoms with van der Waals surface area (Å²) in [6.45, 7) is 4.90. The maximum atomic E-state index is 12.7. The Balaban J connectivity index is 1.76. The van der Waals surface area contributed by atoms with Gasteiger partial charge in [-0.1, -0.05) is 17.8 Å². The molecular weight excluding hydrogens is 310 g/mol. The number of piperidine rings is 1. The van der Waals surface area contributed by atoms with Gasteiger partial charge >= 0.3 is 4.87 Å². The molecule has 3 heterocycles. The van der Waals surface area contributed by atoms with E-state index in [1.54, 1.807) is 11.2 Å². The van der Waals surface area contributed by atoms with Gasteiger partial charge in [-0.15, -0.1) is 0 Å². The first-order chi connectivity index (χ1) is 9.98. The first kappa shape index (κ1) is 15.2. The van der Waals surface area contributed by atoms with E-state index in [0.29, 0.717) is 24.8 Å². The second-order valence-electron chi connectivity index (χ2n) is 5.83. The maximum absolute atomic E-state index is 12.7. The Morgan fingerprint density at radius 3 is 2.52 bits per heavy atom. The zero-order chi connectivity index (χ0) is 15.0. The SMILES string of the molecule is Cc1[nH]c(=O)sc1S(=O)(=O)N1CCC(N2CCCCC2)C1. The van der Waals surface area contributed by atoms with Crippen LogP contribution in [0.1, 0.15) is 31.4 Å². The van der Waals surface area contributed by atoms with Crippen molar-refractivity contribution in [2.45, 2.75) is 42.9 Å². The first-order valence-corrected chi connectivity index (χ1v) is 9.68. The molecular formula is C13H21N3O3S2. The predicted molar refractivity (Wildman–Crippen MR) is 82.3 cm³/mol. The lowest BCUT2D eigenvalue weighted by Crippen LogP contribution is -2.41. The Bertz CT molecular complexity index is 658. The number of H-pyrrole nitrogens is 1. The number of rotatable bonds is 3. The van der Waals surface area contributed by atoms with Crippen LogP contribution in [0.3, 0.4) is 0 Å². The molecule has 1 aromatic rings. The van der Waals surface area contributed by atoms with Crippen molar-refractivity contribution in [2.24, 2.45) is 0 Å². The van der Waals surface area contributed by atoms with E-state index in [-0.39, 0.29) is 9.08 Å². The van der Waals surface area contributed by atoms with Gasteiger partial charge in [0.25, 0.3) is 10.0 Å². The molecule has 1 N–H and O–H groups in total. The highest BCUT2D eigenvalue weighted by Crippen LogP contribution is 2.27. The third-order valence-electron chi connectivity index (χ3n) is 4.39. The summed E-state index contributed by atoms with van der Waals surface area (Å²) in [6, 6.07) is 0.330. The molecule has 0 bridgehead atoms. The molecule has 118 valence electrons. The molecule has 2 aliphatic rings. The summed E-state index contributed by atoms with van der Waals surface area (Å²) >= 11 is 0.791. The summed E-state index contributed by atoms with van der Waals surface area (Å²) in [4.78, 5) is 16.0. The third-order valence-corrected chi connectivity index (χ3v) is 7.84. The number of aromatic amines is 1. The van der Waals surface area contributed by atoms with Crippen molar-refractivity contribution in [3.8, 4) is 0 Å². The van der Waals surface area contributed by atoms with Crippen molar-refractivity contribution in [2.75, 3.05) is 26.2 Å². The molecule has 0 saturated carbocycles. The minimum Gasteiger partial charge on any atom is -0.315 e. The van der Waals surface area contributed by atoms with E-state index in [1.807, 2.05) is 0 Å². The van der Waals surface area contributed by atoms with Crippen LogP contribution in [0, 0.1) is 6.92 Å². The van der Waals surface area contributed by atoms with Gasteiger partial charge in [0.05, 0.1) is 0 Å². The summed E-state index contributed by atoms with van der Waals surface area (Å²) in [5, 5.41) is 0. The zero-order valence-corrected chi connectivity index (χ0v) is 13.8. The van der Waals surface area contributed by atoms with Crippen molar-refractivity contribution in [1.82, 2.24) is 14.2 Å². The number of hydrogen-bond acceptors (Lipinski definition) is 5. The fourth-order valence-electron chi connectivity index (χ4n) is 3.26. The number of likely N-dealkylation sites (tertiary alicyclic amines) is 1. The van der Waals surface area contributed by atoms with Crippen LogP contribution in [-0.2, 0) is 10.0 Å². The van der Waals surface area contributed by atoms with Gasteiger partial charge in [0.2, 0.25) is 0 Å². The van der Waals surface area contributed by atoms with Crippen LogP contribution in [-0.4, -0.2) is 54.8 Å². The van der Waals surface area contributed by atoms with Crippen LogP contribution in [0.2, 0.25) is 0 Å². The van der Waals surface area contributed by atoms with Crippen molar-refractivity contribution < 1.29 is 8.42 Å². The summed E-state index contributed by atoms with van der Waals surface area (Å²) in [5.74, 6) is 0. The van der Waals surface area contributed by atoms with Gasteiger partial charge in [0.1, 0.15) is 0 Å². The monoisotopic (exact) mass is 331 g/mol. The molecule has 2 aliphatic heterocycles. The van der Waals surface area contributed by atoms with Crippen LogP contribution < -0.4 is 4.87 Å². The number of hydrogen-bond donors (Lipinski definition) is 1. The zero-order valence-electron chi connectivity index (χ0n) is 12.2. The van der Waals surface area contributed by atoms with Gasteiger partial charge < -0.3 is 4.98 Å².